The number of aryl methyl sites for hydroxylation is 4. The molecule has 0 aliphatic rings. The van der Waals surface area contributed by atoms with Crippen molar-refractivity contribution in [2.45, 2.75) is 52.0 Å². The smallest absolute Gasteiger partial charge is 0.264 e. The van der Waals surface area contributed by atoms with Gasteiger partial charge in [-0.15, -0.1) is 0 Å². The summed E-state index contributed by atoms with van der Waals surface area (Å²) in [5, 5.41) is 3.06. The van der Waals surface area contributed by atoms with Gasteiger partial charge in [0.2, 0.25) is 5.91 Å². The van der Waals surface area contributed by atoms with Crippen molar-refractivity contribution >= 4 is 21.6 Å². The lowest BCUT2D eigenvalue weighted by Gasteiger charge is -2.27. The predicted octanol–water partition coefficient (Wildman–Crippen LogP) is 5.38. The number of anilines is 1. The summed E-state index contributed by atoms with van der Waals surface area (Å²) >= 11 is 0. The van der Waals surface area contributed by atoms with Crippen LogP contribution < -0.4 is 9.62 Å². The molecule has 0 aliphatic heterocycles. The number of rotatable bonds is 8. The minimum absolute atomic E-state index is 0.153. The monoisotopic (exact) mass is 464 g/mol. The first-order valence-corrected chi connectivity index (χ1v) is 12.6. The number of hydrogen-bond donors (Lipinski definition) is 1. The summed E-state index contributed by atoms with van der Waals surface area (Å²) < 4.78 is 28.4. The van der Waals surface area contributed by atoms with Crippen LogP contribution in [0.15, 0.2) is 71.6 Å². The Balaban J connectivity index is 1.96. The van der Waals surface area contributed by atoms with Crippen molar-refractivity contribution in [1.82, 2.24) is 5.32 Å². The van der Waals surface area contributed by atoms with Gasteiger partial charge in [-0.3, -0.25) is 9.10 Å². The summed E-state index contributed by atoms with van der Waals surface area (Å²) in [5.74, 6) is -0.345. The molecule has 1 unspecified atom stereocenters. The fraction of sp³-hybridized carbons (Fsp3) is 0.296. The van der Waals surface area contributed by atoms with Crippen molar-refractivity contribution in [2.75, 3.05) is 10.8 Å². The van der Waals surface area contributed by atoms with E-state index in [1.807, 2.05) is 65.0 Å². The zero-order chi connectivity index (χ0) is 24.2. The van der Waals surface area contributed by atoms with Crippen molar-refractivity contribution in [3.05, 3.63) is 94.5 Å². The summed E-state index contributed by atoms with van der Waals surface area (Å²) in [6.07, 6.45) is 0.699. The molecule has 1 N–H and O–H groups in total. The van der Waals surface area contributed by atoms with Crippen molar-refractivity contribution in [3.8, 4) is 0 Å². The Morgan fingerprint density at radius 2 is 1.52 bits per heavy atom. The van der Waals surface area contributed by atoms with Crippen LogP contribution in [0.3, 0.4) is 0 Å². The molecule has 0 heterocycles. The second-order valence-electron chi connectivity index (χ2n) is 8.50. The third-order valence-electron chi connectivity index (χ3n) is 5.80. The molecule has 1 amide bonds. The van der Waals surface area contributed by atoms with Gasteiger partial charge in [0.1, 0.15) is 6.54 Å². The van der Waals surface area contributed by atoms with Crippen LogP contribution >= 0.6 is 0 Å². The maximum absolute atomic E-state index is 13.6. The zero-order valence-electron chi connectivity index (χ0n) is 19.9. The van der Waals surface area contributed by atoms with E-state index >= 15 is 0 Å². The number of nitrogens with zero attached hydrogens (tertiary/aromatic N) is 1. The lowest BCUT2D eigenvalue weighted by Crippen LogP contribution is -2.42. The van der Waals surface area contributed by atoms with Gasteiger partial charge in [-0.1, -0.05) is 61.0 Å². The lowest BCUT2D eigenvalue weighted by atomic mass is 9.97. The molecule has 0 saturated heterocycles. The molecule has 0 bridgehead atoms. The van der Waals surface area contributed by atoms with E-state index in [4.69, 9.17) is 0 Å². The topological polar surface area (TPSA) is 66.5 Å². The number of nitrogens with one attached hydrogen (secondary N) is 1. The van der Waals surface area contributed by atoms with Crippen LogP contribution in [-0.4, -0.2) is 20.9 Å². The average molecular weight is 465 g/mol. The molecule has 6 heteroatoms. The molecular weight excluding hydrogens is 432 g/mol. The van der Waals surface area contributed by atoms with Crippen molar-refractivity contribution in [3.63, 3.8) is 0 Å². The third kappa shape index (κ3) is 5.63. The molecule has 0 radical (unpaired) electrons. The molecule has 33 heavy (non-hydrogen) atoms. The summed E-state index contributed by atoms with van der Waals surface area (Å²) in [5.41, 5.74) is 5.52. The van der Waals surface area contributed by atoms with E-state index in [9.17, 15) is 13.2 Å². The van der Waals surface area contributed by atoms with Crippen LogP contribution in [0.5, 0.6) is 0 Å². The van der Waals surface area contributed by atoms with Gasteiger partial charge in [-0.05, 0) is 74.6 Å². The molecular formula is C27H32N2O3S. The summed E-state index contributed by atoms with van der Waals surface area (Å²) in [6, 6.07) is 19.8. The Morgan fingerprint density at radius 1 is 0.879 bits per heavy atom. The summed E-state index contributed by atoms with van der Waals surface area (Å²) in [7, 11) is -3.94. The second kappa shape index (κ2) is 10.2. The van der Waals surface area contributed by atoms with E-state index in [0.29, 0.717) is 12.1 Å². The first kappa shape index (κ1) is 24.5. The van der Waals surface area contributed by atoms with E-state index in [1.54, 1.807) is 30.3 Å². The van der Waals surface area contributed by atoms with Crippen LogP contribution in [0.4, 0.5) is 5.69 Å². The van der Waals surface area contributed by atoms with Crippen LogP contribution in [0.25, 0.3) is 0 Å². The Labute approximate surface area is 197 Å². The van der Waals surface area contributed by atoms with E-state index in [-0.39, 0.29) is 23.4 Å². The Morgan fingerprint density at radius 3 is 2.15 bits per heavy atom. The zero-order valence-corrected chi connectivity index (χ0v) is 20.7. The van der Waals surface area contributed by atoms with Gasteiger partial charge in [0.25, 0.3) is 10.0 Å². The van der Waals surface area contributed by atoms with Gasteiger partial charge in [0.15, 0.2) is 0 Å². The molecule has 3 rings (SSSR count). The average Bonchev–Trinajstić information content (AvgIpc) is 2.78. The largest absolute Gasteiger partial charge is 0.348 e. The molecule has 3 aromatic rings. The normalized spacial score (nSPS) is 12.3. The van der Waals surface area contributed by atoms with Gasteiger partial charge in [-0.2, -0.15) is 0 Å². The van der Waals surface area contributed by atoms with Gasteiger partial charge in [-0.25, -0.2) is 8.42 Å². The van der Waals surface area contributed by atoms with Gasteiger partial charge < -0.3 is 5.32 Å². The van der Waals surface area contributed by atoms with E-state index in [0.717, 1.165) is 27.8 Å². The van der Waals surface area contributed by atoms with Gasteiger partial charge in [0, 0.05) is 0 Å². The number of carbonyl (C=O) groups is 1. The number of benzene rings is 3. The Kier molecular flexibility index (Phi) is 7.59. The highest BCUT2D eigenvalue weighted by Gasteiger charge is 2.29. The first-order valence-electron chi connectivity index (χ1n) is 11.1. The number of amides is 1. The van der Waals surface area contributed by atoms with Crippen LogP contribution in [-0.2, 0) is 14.8 Å². The molecule has 1 atom stereocenters. The maximum atomic E-state index is 13.6. The quantitative estimate of drug-likeness (QED) is 0.486. The van der Waals surface area contributed by atoms with Crippen molar-refractivity contribution in [1.29, 1.82) is 0 Å². The molecule has 5 nitrogen and oxygen atoms in total. The highest BCUT2D eigenvalue weighted by Crippen LogP contribution is 2.28. The lowest BCUT2D eigenvalue weighted by molar-refractivity contribution is -0.120. The van der Waals surface area contributed by atoms with Crippen LogP contribution in [0.1, 0.15) is 47.2 Å². The molecule has 0 aliphatic carbocycles. The summed E-state index contributed by atoms with van der Waals surface area (Å²) in [4.78, 5) is 13.4. The van der Waals surface area contributed by atoms with Crippen molar-refractivity contribution < 1.29 is 13.2 Å². The molecule has 0 aromatic heterocycles. The molecule has 174 valence electrons. The minimum Gasteiger partial charge on any atom is -0.348 e. The highest BCUT2D eigenvalue weighted by atomic mass is 32.2. The van der Waals surface area contributed by atoms with E-state index in [1.165, 1.54) is 4.31 Å². The molecule has 0 spiro atoms. The predicted molar refractivity (Wildman–Crippen MR) is 134 cm³/mol. The fourth-order valence-corrected chi connectivity index (χ4v) is 5.49. The minimum atomic E-state index is -3.94. The Bertz CT molecular complexity index is 1240. The number of hydrogen-bond acceptors (Lipinski definition) is 3. The second-order valence-corrected chi connectivity index (χ2v) is 10.4. The van der Waals surface area contributed by atoms with Crippen molar-refractivity contribution in [2.24, 2.45) is 0 Å². The first-order chi connectivity index (χ1) is 15.6. The van der Waals surface area contributed by atoms with Gasteiger partial charge in [0.05, 0.1) is 16.6 Å². The van der Waals surface area contributed by atoms with Gasteiger partial charge >= 0.3 is 0 Å². The highest BCUT2D eigenvalue weighted by molar-refractivity contribution is 7.92. The van der Waals surface area contributed by atoms with Crippen LogP contribution in [0, 0.1) is 27.7 Å². The molecule has 0 fully saturated rings. The van der Waals surface area contributed by atoms with Crippen LogP contribution in [0.2, 0.25) is 0 Å². The SMILES string of the molecule is CCC(NC(=O)CN(c1cc(C)ccc1C)S(=O)(=O)c1ccccc1)c1ccc(C)cc1C. The Hall–Kier alpha value is -3.12. The number of carbonyl (C=O) groups excluding carboxylic acids is 1. The maximum Gasteiger partial charge on any atom is 0.264 e. The molecule has 0 saturated carbocycles. The standard InChI is InChI=1S/C27H32N2O3S/c1-6-25(24-15-13-19(2)16-22(24)5)28-27(30)18-29(26-17-20(3)12-14-21(26)4)33(31,32)23-10-8-7-9-11-23/h7-17,25H,6,18H2,1-5H3,(H,28,30). The van der Waals surface area contributed by atoms with E-state index in [2.05, 4.69) is 11.4 Å². The third-order valence-corrected chi connectivity index (χ3v) is 7.57. The number of sulfonamides is 1. The fourth-order valence-electron chi connectivity index (χ4n) is 3.99. The van der Waals surface area contributed by atoms with E-state index < -0.39 is 10.0 Å². The molecule has 3 aromatic carbocycles. The summed E-state index contributed by atoms with van der Waals surface area (Å²) in [6.45, 7) is 9.52.